The van der Waals surface area contributed by atoms with Crippen molar-refractivity contribution < 1.29 is 9.53 Å². The highest BCUT2D eigenvalue weighted by molar-refractivity contribution is 5.88. The number of aryl methyl sites for hydroxylation is 1. The molecule has 1 N–H and O–H groups in total. The van der Waals surface area contributed by atoms with Gasteiger partial charge in [0.25, 0.3) is 0 Å². The number of aromatic nitrogens is 4. The van der Waals surface area contributed by atoms with Gasteiger partial charge in [-0.3, -0.25) is 10.2 Å². The second kappa shape index (κ2) is 8.43. The molecule has 9 heteroatoms. The Morgan fingerprint density at radius 3 is 2.90 bits per heavy atom. The quantitative estimate of drug-likeness (QED) is 0.464. The number of Topliss-reactive ketones (excluding diaryl/α,β-unsaturated/α-hetero) is 1. The van der Waals surface area contributed by atoms with Crippen molar-refractivity contribution in [2.45, 2.75) is 26.3 Å². The Bertz CT molecular complexity index is 1130. The SMILES string of the molecule is Cc1cccc(/C=N/Nc2nc(N3CCOCC3)nc3c2ncn3CC(=O)C2CC2)c1. The molecule has 2 aromatic heterocycles. The van der Waals surface area contributed by atoms with Gasteiger partial charge in [0, 0.05) is 19.0 Å². The molecule has 0 atom stereocenters. The van der Waals surface area contributed by atoms with Gasteiger partial charge in [-0.1, -0.05) is 29.8 Å². The van der Waals surface area contributed by atoms with E-state index in [4.69, 9.17) is 9.72 Å². The third-order valence-corrected chi connectivity index (χ3v) is 5.53. The minimum atomic E-state index is 0.189. The number of ether oxygens (including phenoxy) is 1. The Hall–Kier alpha value is -3.33. The van der Waals surface area contributed by atoms with Gasteiger partial charge in [-0.15, -0.1) is 0 Å². The van der Waals surface area contributed by atoms with Gasteiger partial charge in [0.05, 0.1) is 32.3 Å². The number of nitrogens with zero attached hydrogens (tertiary/aromatic N) is 6. The number of hydrogen-bond donors (Lipinski definition) is 1. The average molecular weight is 419 g/mol. The molecule has 0 amide bonds. The third-order valence-electron chi connectivity index (χ3n) is 5.53. The summed E-state index contributed by atoms with van der Waals surface area (Å²) in [6, 6.07) is 8.08. The van der Waals surface area contributed by atoms with Gasteiger partial charge in [-0.05, 0) is 25.3 Å². The van der Waals surface area contributed by atoms with Crippen LogP contribution in [0.1, 0.15) is 24.0 Å². The number of carbonyl (C=O) groups excluding carboxylic acids is 1. The van der Waals surface area contributed by atoms with Gasteiger partial charge in [-0.2, -0.15) is 15.1 Å². The molecule has 1 aliphatic carbocycles. The van der Waals surface area contributed by atoms with Crippen molar-refractivity contribution in [1.29, 1.82) is 0 Å². The number of rotatable bonds is 7. The molecule has 9 nitrogen and oxygen atoms in total. The van der Waals surface area contributed by atoms with Crippen molar-refractivity contribution in [3.8, 4) is 0 Å². The zero-order valence-corrected chi connectivity index (χ0v) is 17.5. The van der Waals surface area contributed by atoms with E-state index in [1.165, 1.54) is 5.56 Å². The first-order valence-corrected chi connectivity index (χ1v) is 10.6. The summed E-state index contributed by atoms with van der Waals surface area (Å²) in [5.41, 5.74) is 6.43. The summed E-state index contributed by atoms with van der Waals surface area (Å²) in [5, 5.41) is 4.37. The van der Waals surface area contributed by atoms with E-state index in [1.807, 2.05) is 29.7 Å². The molecule has 5 rings (SSSR count). The van der Waals surface area contributed by atoms with Crippen molar-refractivity contribution in [2.75, 3.05) is 36.6 Å². The largest absolute Gasteiger partial charge is 0.378 e. The fourth-order valence-corrected chi connectivity index (χ4v) is 3.65. The van der Waals surface area contributed by atoms with E-state index in [1.54, 1.807) is 12.5 Å². The highest BCUT2D eigenvalue weighted by Crippen LogP contribution is 2.31. The van der Waals surface area contributed by atoms with Crippen molar-refractivity contribution in [3.05, 3.63) is 41.7 Å². The average Bonchev–Trinajstić information content (AvgIpc) is 3.56. The lowest BCUT2D eigenvalue weighted by molar-refractivity contribution is -0.120. The van der Waals surface area contributed by atoms with Gasteiger partial charge in [0.15, 0.2) is 22.8 Å². The zero-order chi connectivity index (χ0) is 21.2. The van der Waals surface area contributed by atoms with E-state index in [-0.39, 0.29) is 18.2 Å². The van der Waals surface area contributed by atoms with Crippen molar-refractivity contribution >= 4 is 34.9 Å². The molecule has 31 heavy (non-hydrogen) atoms. The van der Waals surface area contributed by atoms with E-state index >= 15 is 0 Å². The fourth-order valence-electron chi connectivity index (χ4n) is 3.65. The van der Waals surface area contributed by atoms with E-state index in [2.05, 4.69) is 31.5 Å². The van der Waals surface area contributed by atoms with Crippen molar-refractivity contribution in [3.63, 3.8) is 0 Å². The van der Waals surface area contributed by atoms with Crippen LogP contribution in [0.5, 0.6) is 0 Å². The molecular weight excluding hydrogens is 394 g/mol. The highest BCUT2D eigenvalue weighted by atomic mass is 16.5. The number of hydrogen-bond acceptors (Lipinski definition) is 8. The monoisotopic (exact) mass is 419 g/mol. The molecule has 3 aromatic rings. The van der Waals surface area contributed by atoms with Crippen LogP contribution in [0.4, 0.5) is 11.8 Å². The number of anilines is 2. The molecule has 2 aliphatic rings. The van der Waals surface area contributed by atoms with E-state index in [9.17, 15) is 4.79 Å². The Morgan fingerprint density at radius 2 is 2.13 bits per heavy atom. The lowest BCUT2D eigenvalue weighted by Crippen LogP contribution is -2.37. The summed E-state index contributed by atoms with van der Waals surface area (Å²) in [7, 11) is 0. The summed E-state index contributed by atoms with van der Waals surface area (Å²) >= 11 is 0. The number of ketones is 1. The maximum atomic E-state index is 12.4. The van der Waals surface area contributed by atoms with Gasteiger partial charge < -0.3 is 14.2 Å². The smallest absolute Gasteiger partial charge is 0.229 e. The summed E-state index contributed by atoms with van der Waals surface area (Å²) in [4.78, 5) is 28.4. The topological polar surface area (TPSA) is 97.5 Å². The van der Waals surface area contributed by atoms with Crippen molar-refractivity contribution in [2.24, 2.45) is 11.0 Å². The summed E-state index contributed by atoms with van der Waals surface area (Å²) in [6.07, 6.45) is 5.39. The Balaban J connectivity index is 1.47. The first-order chi connectivity index (χ1) is 15.2. The molecule has 2 fully saturated rings. The number of fused-ring (bicyclic) bond motifs is 1. The van der Waals surface area contributed by atoms with Gasteiger partial charge in [0.2, 0.25) is 5.95 Å². The third kappa shape index (κ3) is 4.41. The number of benzene rings is 1. The standard InChI is InChI=1S/C22H25N7O2/c1-15-3-2-4-16(11-15)12-24-27-20-19-21(26-22(25-20)28-7-9-31-10-8-28)29(14-23-19)13-18(30)17-5-6-17/h2-4,11-12,14,17H,5-10,13H2,1H3,(H,25,26,27)/b24-12+. The van der Waals surface area contributed by atoms with Crippen LogP contribution in [0, 0.1) is 12.8 Å². The summed E-state index contributed by atoms with van der Waals surface area (Å²) in [5.74, 6) is 1.53. The molecular formula is C22H25N7O2. The maximum Gasteiger partial charge on any atom is 0.229 e. The lowest BCUT2D eigenvalue weighted by atomic mass is 10.2. The van der Waals surface area contributed by atoms with E-state index in [0.717, 1.165) is 18.4 Å². The maximum absolute atomic E-state index is 12.4. The fraction of sp³-hybridized carbons (Fsp3) is 0.409. The molecule has 1 aliphatic heterocycles. The van der Waals surface area contributed by atoms with E-state index in [0.29, 0.717) is 49.2 Å². The number of carbonyl (C=O) groups is 1. The van der Waals surface area contributed by atoms with Crippen molar-refractivity contribution in [1.82, 2.24) is 19.5 Å². The number of nitrogens with one attached hydrogen (secondary N) is 1. The van der Waals surface area contributed by atoms with Crippen LogP contribution in [-0.4, -0.2) is 57.8 Å². The van der Waals surface area contributed by atoms with Crippen LogP contribution >= 0.6 is 0 Å². The van der Waals surface area contributed by atoms with E-state index < -0.39 is 0 Å². The Morgan fingerprint density at radius 1 is 1.29 bits per heavy atom. The molecule has 3 heterocycles. The number of hydrazone groups is 1. The summed E-state index contributed by atoms with van der Waals surface area (Å²) in [6.45, 7) is 5.03. The lowest BCUT2D eigenvalue weighted by Gasteiger charge is -2.27. The van der Waals surface area contributed by atoms with Crippen LogP contribution in [0.15, 0.2) is 35.7 Å². The van der Waals surface area contributed by atoms with Crippen LogP contribution < -0.4 is 10.3 Å². The molecule has 160 valence electrons. The van der Waals surface area contributed by atoms with Gasteiger partial charge >= 0.3 is 0 Å². The molecule has 0 unspecified atom stereocenters. The normalized spacial score (nSPS) is 16.9. The van der Waals surface area contributed by atoms with Crippen LogP contribution in [0.25, 0.3) is 11.2 Å². The van der Waals surface area contributed by atoms with Gasteiger partial charge in [-0.25, -0.2) is 4.98 Å². The van der Waals surface area contributed by atoms with Crippen LogP contribution in [-0.2, 0) is 16.1 Å². The zero-order valence-electron chi connectivity index (χ0n) is 17.5. The van der Waals surface area contributed by atoms with Gasteiger partial charge in [0.1, 0.15) is 0 Å². The first kappa shape index (κ1) is 19.6. The minimum absolute atomic E-state index is 0.189. The molecule has 0 spiro atoms. The highest BCUT2D eigenvalue weighted by Gasteiger charge is 2.30. The van der Waals surface area contributed by atoms with Crippen LogP contribution in [0.2, 0.25) is 0 Å². The molecule has 1 saturated heterocycles. The predicted octanol–water partition coefficient (Wildman–Crippen LogP) is 2.40. The predicted molar refractivity (Wildman–Crippen MR) is 118 cm³/mol. The Kier molecular flexibility index (Phi) is 5.33. The first-order valence-electron chi connectivity index (χ1n) is 10.6. The molecule has 0 radical (unpaired) electrons. The summed E-state index contributed by atoms with van der Waals surface area (Å²) < 4.78 is 7.28. The Labute approximate surface area is 180 Å². The number of morpholine rings is 1. The second-order valence-electron chi connectivity index (χ2n) is 8.04. The minimum Gasteiger partial charge on any atom is -0.378 e. The number of imidazole rings is 1. The molecule has 1 aromatic carbocycles. The second-order valence-corrected chi connectivity index (χ2v) is 8.04. The molecule has 0 bridgehead atoms. The van der Waals surface area contributed by atoms with Crippen LogP contribution in [0.3, 0.4) is 0 Å². The molecule has 1 saturated carbocycles.